The SMILES string of the molecule is Cc1nc(N)ccc1CNCCn1c(C(F)(F)F)ccc(NS(=O)(=O)Cc2ccccc2)c1=O. The molecule has 0 aliphatic heterocycles. The van der Waals surface area contributed by atoms with E-state index in [1.807, 2.05) is 0 Å². The molecule has 12 heteroatoms. The van der Waals surface area contributed by atoms with Crippen LogP contribution in [0, 0.1) is 6.92 Å². The summed E-state index contributed by atoms with van der Waals surface area (Å²) in [5.74, 6) is -0.0701. The number of nitrogens with two attached hydrogens (primary N) is 1. The van der Waals surface area contributed by atoms with Gasteiger partial charge >= 0.3 is 6.18 Å². The zero-order valence-corrected chi connectivity index (χ0v) is 19.1. The van der Waals surface area contributed by atoms with Crippen molar-refractivity contribution in [3.8, 4) is 0 Å². The highest BCUT2D eigenvalue weighted by Gasteiger charge is 2.35. The summed E-state index contributed by atoms with van der Waals surface area (Å²) < 4.78 is 68.1. The predicted octanol–water partition coefficient (Wildman–Crippen LogP) is 2.88. The van der Waals surface area contributed by atoms with Crippen molar-refractivity contribution in [3.63, 3.8) is 0 Å². The maximum atomic E-state index is 13.5. The van der Waals surface area contributed by atoms with Crippen LogP contribution in [0.15, 0.2) is 59.4 Å². The van der Waals surface area contributed by atoms with Gasteiger partial charge in [0.2, 0.25) is 10.0 Å². The van der Waals surface area contributed by atoms with Crippen LogP contribution in [-0.4, -0.2) is 24.5 Å². The van der Waals surface area contributed by atoms with E-state index >= 15 is 0 Å². The predicted molar refractivity (Wildman–Crippen MR) is 123 cm³/mol. The molecule has 182 valence electrons. The first-order valence-electron chi connectivity index (χ1n) is 10.2. The highest BCUT2D eigenvalue weighted by molar-refractivity contribution is 7.91. The minimum Gasteiger partial charge on any atom is -0.384 e. The van der Waals surface area contributed by atoms with Crippen LogP contribution in [-0.2, 0) is 35.0 Å². The molecule has 0 bridgehead atoms. The van der Waals surface area contributed by atoms with E-state index in [0.717, 1.165) is 11.6 Å². The number of halogens is 3. The number of aryl methyl sites for hydroxylation is 1. The lowest BCUT2D eigenvalue weighted by molar-refractivity contribution is -0.144. The van der Waals surface area contributed by atoms with Crippen LogP contribution in [0.2, 0.25) is 0 Å². The third-order valence-electron chi connectivity index (χ3n) is 4.97. The number of hydrogen-bond acceptors (Lipinski definition) is 6. The number of anilines is 2. The Morgan fingerprint density at radius 3 is 2.41 bits per heavy atom. The number of aromatic nitrogens is 2. The molecule has 34 heavy (non-hydrogen) atoms. The van der Waals surface area contributed by atoms with Crippen LogP contribution in [0.4, 0.5) is 24.7 Å². The first kappa shape index (κ1) is 25.2. The average molecular weight is 496 g/mol. The Bertz CT molecular complexity index is 1310. The number of rotatable bonds is 9. The van der Waals surface area contributed by atoms with Gasteiger partial charge in [0, 0.05) is 25.3 Å². The van der Waals surface area contributed by atoms with Gasteiger partial charge < -0.3 is 15.6 Å². The topological polar surface area (TPSA) is 119 Å². The highest BCUT2D eigenvalue weighted by atomic mass is 32.2. The number of nitrogens with zero attached hydrogens (tertiary/aromatic N) is 2. The summed E-state index contributed by atoms with van der Waals surface area (Å²) in [6.07, 6.45) is -4.79. The van der Waals surface area contributed by atoms with Gasteiger partial charge in [-0.1, -0.05) is 36.4 Å². The Morgan fingerprint density at radius 2 is 1.76 bits per heavy atom. The van der Waals surface area contributed by atoms with Gasteiger partial charge in [-0.05, 0) is 36.2 Å². The smallest absolute Gasteiger partial charge is 0.384 e. The van der Waals surface area contributed by atoms with E-state index < -0.39 is 38.9 Å². The molecule has 3 rings (SSSR count). The summed E-state index contributed by atoms with van der Waals surface area (Å²) >= 11 is 0. The van der Waals surface area contributed by atoms with Crippen molar-refractivity contribution in [3.05, 3.63) is 87.5 Å². The molecule has 0 aliphatic rings. The number of pyridine rings is 2. The molecule has 1 aromatic carbocycles. The molecule has 2 aromatic heterocycles. The maximum absolute atomic E-state index is 13.5. The van der Waals surface area contributed by atoms with Crippen molar-refractivity contribution < 1.29 is 21.6 Å². The molecule has 0 radical (unpaired) electrons. The fourth-order valence-corrected chi connectivity index (χ4v) is 4.53. The van der Waals surface area contributed by atoms with E-state index in [2.05, 4.69) is 15.0 Å². The number of alkyl halides is 3. The highest BCUT2D eigenvalue weighted by Crippen LogP contribution is 2.29. The van der Waals surface area contributed by atoms with E-state index in [1.54, 1.807) is 49.4 Å². The van der Waals surface area contributed by atoms with E-state index in [4.69, 9.17) is 5.73 Å². The zero-order valence-electron chi connectivity index (χ0n) is 18.3. The molecule has 8 nitrogen and oxygen atoms in total. The largest absolute Gasteiger partial charge is 0.431 e. The molecule has 0 atom stereocenters. The van der Waals surface area contributed by atoms with Crippen LogP contribution < -0.4 is 21.3 Å². The summed E-state index contributed by atoms with van der Waals surface area (Å²) in [4.78, 5) is 16.9. The average Bonchev–Trinajstić information content (AvgIpc) is 2.74. The Hall–Kier alpha value is -3.38. The molecule has 0 saturated heterocycles. The van der Waals surface area contributed by atoms with E-state index in [-0.39, 0.29) is 13.1 Å². The summed E-state index contributed by atoms with van der Waals surface area (Å²) in [5, 5.41) is 2.97. The molecule has 3 aromatic rings. The Morgan fingerprint density at radius 1 is 1.06 bits per heavy atom. The summed E-state index contributed by atoms with van der Waals surface area (Å²) in [6, 6.07) is 13.1. The first-order chi connectivity index (χ1) is 16.0. The quantitative estimate of drug-likeness (QED) is 0.393. The second kappa shape index (κ2) is 10.3. The minimum atomic E-state index is -4.79. The number of benzene rings is 1. The maximum Gasteiger partial charge on any atom is 0.431 e. The van der Waals surface area contributed by atoms with E-state index in [0.29, 0.717) is 34.3 Å². The molecule has 0 fully saturated rings. The van der Waals surface area contributed by atoms with Gasteiger partial charge in [0.25, 0.3) is 5.56 Å². The lowest BCUT2D eigenvalue weighted by Crippen LogP contribution is -2.34. The normalized spacial score (nSPS) is 12.0. The second-order valence-electron chi connectivity index (χ2n) is 7.59. The molecule has 4 N–H and O–H groups in total. The first-order valence-corrected chi connectivity index (χ1v) is 11.9. The lowest BCUT2D eigenvalue weighted by atomic mass is 10.2. The van der Waals surface area contributed by atoms with Crippen molar-refractivity contribution in [1.82, 2.24) is 14.9 Å². The van der Waals surface area contributed by atoms with E-state index in [9.17, 15) is 26.4 Å². The van der Waals surface area contributed by atoms with Gasteiger partial charge in [0.05, 0.1) is 5.75 Å². The van der Waals surface area contributed by atoms with Gasteiger partial charge in [0.15, 0.2) is 0 Å². The van der Waals surface area contributed by atoms with Crippen molar-refractivity contribution in [2.24, 2.45) is 0 Å². The zero-order chi connectivity index (χ0) is 24.9. The molecule has 0 aliphatic carbocycles. The third kappa shape index (κ3) is 6.58. The van der Waals surface area contributed by atoms with Gasteiger partial charge in [-0.25, -0.2) is 13.4 Å². The Balaban J connectivity index is 1.78. The van der Waals surface area contributed by atoms with Crippen LogP contribution in [0.3, 0.4) is 0 Å². The van der Waals surface area contributed by atoms with Crippen molar-refractivity contribution >= 4 is 21.5 Å². The third-order valence-corrected chi connectivity index (χ3v) is 6.22. The summed E-state index contributed by atoms with van der Waals surface area (Å²) in [5.41, 5.74) is 4.85. The molecular weight excluding hydrogens is 471 g/mol. The standard InChI is InChI=1S/C22H24F3N5O3S/c1-15-17(7-10-20(26)28-15)13-27-11-12-30-19(22(23,24)25)9-8-18(21(30)31)29-34(32,33)14-16-5-3-2-4-6-16/h2-10,27,29H,11-14H2,1H3,(H2,26,28). The molecule has 0 saturated carbocycles. The van der Waals surface area contributed by atoms with Crippen LogP contribution >= 0.6 is 0 Å². The molecule has 2 heterocycles. The van der Waals surface area contributed by atoms with Crippen LogP contribution in [0.25, 0.3) is 0 Å². The minimum absolute atomic E-state index is 0.0209. The molecule has 0 unspecified atom stereocenters. The van der Waals surface area contributed by atoms with Crippen molar-refractivity contribution in [2.75, 3.05) is 17.0 Å². The number of nitrogen functional groups attached to an aromatic ring is 1. The Kier molecular flexibility index (Phi) is 7.62. The fraction of sp³-hybridized carbons (Fsp3) is 0.273. The van der Waals surface area contributed by atoms with Gasteiger partial charge in [0.1, 0.15) is 17.2 Å². The molecular formula is C22H24F3N5O3S. The molecule has 0 spiro atoms. The Labute approximate surface area is 194 Å². The van der Waals surface area contributed by atoms with Gasteiger partial charge in [-0.3, -0.25) is 9.52 Å². The monoisotopic (exact) mass is 495 g/mol. The number of nitrogens with one attached hydrogen (secondary N) is 2. The second-order valence-corrected chi connectivity index (χ2v) is 9.31. The molecule has 0 amide bonds. The number of hydrogen-bond donors (Lipinski definition) is 3. The van der Waals surface area contributed by atoms with Crippen LogP contribution in [0.5, 0.6) is 0 Å². The summed E-state index contributed by atoms with van der Waals surface area (Å²) in [7, 11) is -4.02. The fourth-order valence-electron chi connectivity index (χ4n) is 3.33. The van der Waals surface area contributed by atoms with Crippen molar-refractivity contribution in [1.29, 1.82) is 0 Å². The van der Waals surface area contributed by atoms with Gasteiger partial charge in [-0.2, -0.15) is 13.2 Å². The van der Waals surface area contributed by atoms with E-state index in [1.165, 1.54) is 0 Å². The summed E-state index contributed by atoms with van der Waals surface area (Å²) in [6.45, 7) is 1.75. The van der Waals surface area contributed by atoms with Crippen LogP contribution in [0.1, 0.15) is 22.5 Å². The lowest BCUT2D eigenvalue weighted by Gasteiger charge is -2.18. The van der Waals surface area contributed by atoms with Gasteiger partial charge in [-0.15, -0.1) is 0 Å². The number of sulfonamides is 1. The van der Waals surface area contributed by atoms with Crippen molar-refractivity contribution in [2.45, 2.75) is 31.9 Å².